The number of rotatable bonds is 4. The fraction of sp³-hybridized carbons (Fsp3) is 0.625. The van der Waals surface area contributed by atoms with E-state index in [0.29, 0.717) is 17.8 Å². The summed E-state index contributed by atoms with van der Waals surface area (Å²) in [4.78, 5) is 2.35. The van der Waals surface area contributed by atoms with Crippen LogP contribution in [0.15, 0.2) is 12.1 Å². The van der Waals surface area contributed by atoms with Gasteiger partial charge in [0, 0.05) is 30.8 Å². The molecule has 1 aromatic rings. The number of halogens is 1. The standard InChI is InChI=1S/C16H26FN3O/c1-10(2)21-16-9-15(14(18)8-13(16)17)19-12-5-6-20(4)11(3)7-12/h8-12,19H,5-7,18H2,1-4H3. The van der Waals surface area contributed by atoms with E-state index in [-0.39, 0.29) is 11.9 Å². The quantitative estimate of drug-likeness (QED) is 0.838. The molecule has 1 aromatic carbocycles. The highest BCUT2D eigenvalue weighted by Gasteiger charge is 2.23. The summed E-state index contributed by atoms with van der Waals surface area (Å²) in [5.41, 5.74) is 7.12. The molecule has 118 valence electrons. The number of nitrogens with zero attached hydrogens (tertiary/aromatic N) is 1. The summed E-state index contributed by atoms with van der Waals surface area (Å²) in [6.45, 7) is 7.02. The maximum atomic E-state index is 13.8. The van der Waals surface area contributed by atoms with E-state index in [2.05, 4.69) is 24.2 Å². The van der Waals surface area contributed by atoms with E-state index in [1.807, 2.05) is 13.8 Å². The Kier molecular flexibility index (Phi) is 4.93. The van der Waals surface area contributed by atoms with Crippen molar-refractivity contribution in [2.75, 3.05) is 24.6 Å². The second-order valence-corrected chi connectivity index (χ2v) is 6.23. The highest BCUT2D eigenvalue weighted by atomic mass is 19.1. The maximum Gasteiger partial charge on any atom is 0.167 e. The molecule has 5 heteroatoms. The van der Waals surface area contributed by atoms with E-state index >= 15 is 0 Å². The van der Waals surface area contributed by atoms with Gasteiger partial charge in [-0.2, -0.15) is 0 Å². The van der Waals surface area contributed by atoms with E-state index in [1.54, 1.807) is 6.07 Å². The lowest BCUT2D eigenvalue weighted by Gasteiger charge is -2.36. The number of piperidine rings is 1. The minimum absolute atomic E-state index is 0.0701. The summed E-state index contributed by atoms with van der Waals surface area (Å²) >= 11 is 0. The van der Waals surface area contributed by atoms with Crippen molar-refractivity contribution in [1.82, 2.24) is 4.90 Å². The fourth-order valence-electron chi connectivity index (χ4n) is 2.68. The molecule has 0 radical (unpaired) electrons. The number of anilines is 2. The molecular formula is C16H26FN3O. The number of likely N-dealkylation sites (tertiary alicyclic amines) is 1. The number of nitrogens with one attached hydrogen (secondary N) is 1. The zero-order valence-electron chi connectivity index (χ0n) is 13.3. The molecule has 3 N–H and O–H groups in total. The van der Waals surface area contributed by atoms with Gasteiger partial charge in [0.25, 0.3) is 0 Å². The topological polar surface area (TPSA) is 50.5 Å². The first-order valence-corrected chi connectivity index (χ1v) is 7.59. The van der Waals surface area contributed by atoms with Crippen molar-refractivity contribution >= 4 is 11.4 Å². The van der Waals surface area contributed by atoms with Crippen molar-refractivity contribution in [3.63, 3.8) is 0 Å². The lowest BCUT2D eigenvalue weighted by atomic mass is 9.98. The maximum absolute atomic E-state index is 13.8. The molecule has 2 atom stereocenters. The molecule has 1 aliphatic heterocycles. The van der Waals surface area contributed by atoms with Gasteiger partial charge in [0.2, 0.25) is 0 Å². The first kappa shape index (κ1) is 15.9. The third-order valence-corrected chi connectivity index (χ3v) is 4.03. The van der Waals surface area contributed by atoms with Crippen LogP contribution in [0.4, 0.5) is 15.8 Å². The molecule has 1 heterocycles. The minimum Gasteiger partial charge on any atom is -0.488 e. The van der Waals surface area contributed by atoms with Gasteiger partial charge in [0.05, 0.1) is 17.5 Å². The van der Waals surface area contributed by atoms with Gasteiger partial charge in [0.1, 0.15) is 0 Å². The number of nitrogens with two attached hydrogens (primary N) is 1. The van der Waals surface area contributed by atoms with Gasteiger partial charge in [-0.15, -0.1) is 0 Å². The number of benzene rings is 1. The predicted octanol–water partition coefficient (Wildman–Crippen LogP) is 3.09. The highest BCUT2D eigenvalue weighted by Crippen LogP contribution is 2.31. The van der Waals surface area contributed by atoms with Gasteiger partial charge in [-0.1, -0.05) is 0 Å². The van der Waals surface area contributed by atoms with Crippen LogP contribution in [0.5, 0.6) is 5.75 Å². The van der Waals surface area contributed by atoms with Gasteiger partial charge in [-0.25, -0.2) is 4.39 Å². The molecule has 0 aromatic heterocycles. The Balaban J connectivity index is 2.12. The average molecular weight is 295 g/mol. The van der Waals surface area contributed by atoms with Crippen LogP contribution in [0.25, 0.3) is 0 Å². The van der Waals surface area contributed by atoms with Crippen molar-refractivity contribution < 1.29 is 9.13 Å². The SMILES string of the molecule is CC(C)Oc1cc(NC2CCN(C)C(C)C2)c(N)cc1F. The van der Waals surface area contributed by atoms with Crippen LogP contribution >= 0.6 is 0 Å². The summed E-state index contributed by atoms with van der Waals surface area (Å²) in [7, 11) is 2.14. The molecule has 1 fully saturated rings. The van der Waals surface area contributed by atoms with Crippen LogP contribution < -0.4 is 15.8 Å². The number of hydrogen-bond donors (Lipinski definition) is 2. The van der Waals surface area contributed by atoms with E-state index < -0.39 is 5.82 Å². The molecule has 0 bridgehead atoms. The molecule has 21 heavy (non-hydrogen) atoms. The Labute approximate surface area is 126 Å². The van der Waals surface area contributed by atoms with E-state index in [4.69, 9.17) is 10.5 Å². The zero-order chi connectivity index (χ0) is 15.6. The second-order valence-electron chi connectivity index (χ2n) is 6.23. The zero-order valence-corrected chi connectivity index (χ0v) is 13.3. The third-order valence-electron chi connectivity index (χ3n) is 4.03. The Hall–Kier alpha value is -1.49. The Morgan fingerprint density at radius 3 is 2.76 bits per heavy atom. The van der Waals surface area contributed by atoms with Gasteiger partial charge < -0.3 is 20.7 Å². The van der Waals surface area contributed by atoms with Crippen molar-refractivity contribution in [2.24, 2.45) is 0 Å². The summed E-state index contributed by atoms with van der Waals surface area (Å²) < 4.78 is 19.3. The fourth-order valence-corrected chi connectivity index (χ4v) is 2.68. The molecular weight excluding hydrogens is 269 g/mol. The minimum atomic E-state index is -0.413. The molecule has 2 rings (SSSR count). The first-order valence-electron chi connectivity index (χ1n) is 7.59. The molecule has 0 amide bonds. The van der Waals surface area contributed by atoms with Crippen LogP contribution in [0, 0.1) is 5.82 Å². The highest BCUT2D eigenvalue weighted by molar-refractivity contribution is 5.69. The monoisotopic (exact) mass is 295 g/mol. The summed E-state index contributed by atoms with van der Waals surface area (Å²) in [6.07, 6.45) is 2.03. The second kappa shape index (κ2) is 6.52. The number of ether oxygens (including phenoxy) is 1. The Morgan fingerprint density at radius 2 is 2.14 bits per heavy atom. The van der Waals surface area contributed by atoms with Gasteiger partial charge in [0.15, 0.2) is 11.6 Å². The molecule has 0 aliphatic carbocycles. The molecule has 4 nitrogen and oxygen atoms in total. The smallest absolute Gasteiger partial charge is 0.167 e. The van der Waals surface area contributed by atoms with Crippen LogP contribution in [0.1, 0.15) is 33.6 Å². The van der Waals surface area contributed by atoms with Crippen LogP contribution in [-0.4, -0.2) is 36.7 Å². The summed E-state index contributed by atoms with van der Waals surface area (Å²) in [6, 6.07) is 3.90. The Bertz CT molecular complexity index is 493. The molecule has 1 saturated heterocycles. The van der Waals surface area contributed by atoms with Gasteiger partial charge >= 0.3 is 0 Å². The van der Waals surface area contributed by atoms with Crippen LogP contribution in [0.3, 0.4) is 0 Å². The number of nitrogen functional groups attached to an aromatic ring is 1. The van der Waals surface area contributed by atoms with Crippen molar-refractivity contribution in [3.8, 4) is 5.75 Å². The molecule has 2 unspecified atom stereocenters. The predicted molar refractivity (Wildman–Crippen MR) is 85.3 cm³/mol. The van der Waals surface area contributed by atoms with E-state index in [9.17, 15) is 4.39 Å². The molecule has 1 aliphatic rings. The lowest BCUT2D eigenvalue weighted by Crippen LogP contribution is -2.42. The Morgan fingerprint density at radius 1 is 1.43 bits per heavy atom. The van der Waals surface area contributed by atoms with Crippen molar-refractivity contribution in [1.29, 1.82) is 0 Å². The average Bonchev–Trinajstić information content (AvgIpc) is 2.39. The van der Waals surface area contributed by atoms with E-state index in [0.717, 1.165) is 25.1 Å². The molecule has 0 spiro atoms. The largest absolute Gasteiger partial charge is 0.488 e. The van der Waals surface area contributed by atoms with Gasteiger partial charge in [-0.3, -0.25) is 0 Å². The van der Waals surface area contributed by atoms with Crippen molar-refractivity contribution in [2.45, 2.75) is 51.8 Å². The van der Waals surface area contributed by atoms with Crippen molar-refractivity contribution in [3.05, 3.63) is 17.9 Å². The first-order chi connectivity index (χ1) is 9.86. The lowest BCUT2D eigenvalue weighted by molar-refractivity contribution is 0.190. The molecule has 0 saturated carbocycles. The van der Waals surface area contributed by atoms with Crippen LogP contribution in [0.2, 0.25) is 0 Å². The summed E-state index contributed by atoms with van der Waals surface area (Å²) in [5, 5.41) is 3.44. The summed E-state index contributed by atoms with van der Waals surface area (Å²) in [5.74, 6) is -0.161. The normalized spacial score (nSPS) is 23.3. The third kappa shape index (κ3) is 4.00. The van der Waals surface area contributed by atoms with Crippen LogP contribution in [-0.2, 0) is 0 Å². The number of hydrogen-bond acceptors (Lipinski definition) is 4. The van der Waals surface area contributed by atoms with Gasteiger partial charge in [-0.05, 0) is 40.7 Å². The van der Waals surface area contributed by atoms with E-state index in [1.165, 1.54) is 6.07 Å².